The maximum Gasteiger partial charge on any atom is 0.227 e. The molecule has 5 nitrogen and oxygen atoms in total. The molecule has 0 aliphatic heterocycles. The van der Waals surface area contributed by atoms with Gasteiger partial charge in [0.15, 0.2) is 0 Å². The average Bonchev–Trinajstić information content (AvgIpc) is 3.12. The van der Waals surface area contributed by atoms with Gasteiger partial charge in [-0.1, -0.05) is 31.5 Å². The predicted molar refractivity (Wildman–Crippen MR) is 113 cm³/mol. The molecule has 0 spiro atoms. The zero-order chi connectivity index (χ0) is 19.5. The van der Waals surface area contributed by atoms with Crippen LogP contribution in [0.4, 0.5) is 11.6 Å². The highest BCUT2D eigenvalue weighted by atomic mass is 16.1. The zero-order valence-corrected chi connectivity index (χ0v) is 16.0. The number of anilines is 2. The van der Waals surface area contributed by atoms with Crippen molar-refractivity contribution in [3.63, 3.8) is 0 Å². The second kappa shape index (κ2) is 7.64. The quantitative estimate of drug-likeness (QED) is 0.443. The number of hydrogen-bond donors (Lipinski definition) is 2. The molecule has 0 radical (unpaired) electrons. The Hall–Kier alpha value is -3.47. The van der Waals surface area contributed by atoms with Gasteiger partial charge in [0.2, 0.25) is 5.95 Å². The first kappa shape index (κ1) is 17.9. The molecule has 0 fully saturated rings. The number of H-pyrrole nitrogens is 1. The van der Waals surface area contributed by atoms with Gasteiger partial charge in [0, 0.05) is 40.1 Å². The maximum absolute atomic E-state index is 11.4. The number of benzene rings is 2. The van der Waals surface area contributed by atoms with Crippen LogP contribution in [0.3, 0.4) is 0 Å². The van der Waals surface area contributed by atoms with E-state index in [0.717, 1.165) is 52.5 Å². The lowest BCUT2D eigenvalue weighted by Crippen LogP contribution is -2.00. The van der Waals surface area contributed by atoms with Crippen LogP contribution in [-0.4, -0.2) is 21.2 Å². The average molecular weight is 370 g/mol. The third-order valence-corrected chi connectivity index (χ3v) is 4.82. The van der Waals surface area contributed by atoms with Crippen LogP contribution in [0.25, 0.3) is 22.2 Å². The van der Waals surface area contributed by atoms with Crippen molar-refractivity contribution in [2.24, 2.45) is 0 Å². The van der Waals surface area contributed by atoms with Crippen molar-refractivity contribution < 1.29 is 4.79 Å². The van der Waals surface area contributed by atoms with Gasteiger partial charge in [-0.05, 0) is 48.7 Å². The lowest BCUT2D eigenvalue weighted by atomic mass is 10.0. The van der Waals surface area contributed by atoms with E-state index in [2.05, 4.69) is 52.3 Å². The van der Waals surface area contributed by atoms with Gasteiger partial charge in [0.05, 0.1) is 5.69 Å². The van der Waals surface area contributed by atoms with E-state index in [-0.39, 0.29) is 0 Å². The second-order valence-electron chi connectivity index (χ2n) is 6.92. The standard InChI is InChI=1S/C23H22N4O/c1-3-4-16-6-7-18(12-17(16)14-28)26-23-24-10-9-21(27-23)20-13-25-22-11-15(2)5-8-19(20)22/h5-14,25H,3-4H2,1-2H3,(H,24,26,27). The first-order valence-electron chi connectivity index (χ1n) is 9.44. The molecule has 2 aromatic heterocycles. The van der Waals surface area contributed by atoms with Crippen molar-refractivity contribution in [2.75, 3.05) is 5.32 Å². The summed E-state index contributed by atoms with van der Waals surface area (Å²) >= 11 is 0. The molecule has 0 aliphatic carbocycles. The van der Waals surface area contributed by atoms with Crippen molar-refractivity contribution in [1.82, 2.24) is 15.0 Å². The van der Waals surface area contributed by atoms with E-state index in [9.17, 15) is 4.79 Å². The Balaban J connectivity index is 1.65. The molecular formula is C23H22N4O. The molecule has 0 amide bonds. The second-order valence-corrected chi connectivity index (χ2v) is 6.92. The van der Waals surface area contributed by atoms with Gasteiger partial charge in [-0.15, -0.1) is 0 Å². The third kappa shape index (κ3) is 3.51. The summed E-state index contributed by atoms with van der Waals surface area (Å²) in [4.78, 5) is 23.7. The molecule has 0 bridgehead atoms. The first-order valence-corrected chi connectivity index (χ1v) is 9.44. The van der Waals surface area contributed by atoms with E-state index >= 15 is 0 Å². The fourth-order valence-electron chi connectivity index (χ4n) is 3.43. The molecule has 0 aliphatic rings. The lowest BCUT2D eigenvalue weighted by Gasteiger charge is -2.09. The van der Waals surface area contributed by atoms with Gasteiger partial charge in [-0.3, -0.25) is 4.79 Å². The summed E-state index contributed by atoms with van der Waals surface area (Å²) in [6.07, 6.45) is 6.51. The van der Waals surface area contributed by atoms with Crippen molar-refractivity contribution >= 4 is 28.8 Å². The number of aldehydes is 1. The van der Waals surface area contributed by atoms with Crippen molar-refractivity contribution in [2.45, 2.75) is 26.7 Å². The normalized spacial score (nSPS) is 10.9. The molecule has 0 atom stereocenters. The number of aryl methyl sites for hydroxylation is 2. The fourth-order valence-corrected chi connectivity index (χ4v) is 3.43. The SMILES string of the molecule is CCCc1ccc(Nc2nccc(-c3c[nH]c4cc(C)ccc34)n2)cc1C=O. The Bertz CT molecular complexity index is 1150. The van der Waals surface area contributed by atoms with Crippen LogP contribution in [0, 0.1) is 6.92 Å². The highest BCUT2D eigenvalue weighted by molar-refractivity contribution is 5.95. The van der Waals surface area contributed by atoms with E-state index in [0.29, 0.717) is 11.5 Å². The minimum absolute atomic E-state index is 0.499. The van der Waals surface area contributed by atoms with Gasteiger partial charge in [-0.25, -0.2) is 9.97 Å². The highest BCUT2D eigenvalue weighted by Crippen LogP contribution is 2.28. The van der Waals surface area contributed by atoms with Crippen LogP contribution in [0.15, 0.2) is 54.9 Å². The summed E-state index contributed by atoms with van der Waals surface area (Å²) in [7, 11) is 0. The largest absolute Gasteiger partial charge is 0.360 e. The monoisotopic (exact) mass is 370 g/mol. The molecule has 0 saturated heterocycles. The number of nitrogens with one attached hydrogen (secondary N) is 2. The third-order valence-electron chi connectivity index (χ3n) is 4.82. The van der Waals surface area contributed by atoms with E-state index in [4.69, 9.17) is 0 Å². The number of hydrogen-bond acceptors (Lipinski definition) is 4. The van der Waals surface area contributed by atoms with Crippen LogP contribution in [0.1, 0.15) is 34.8 Å². The number of carbonyl (C=O) groups excluding carboxylic acids is 1. The number of aromatic amines is 1. The zero-order valence-electron chi connectivity index (χ0n) is 16.0. The summed E-state index contributed by atoms with van der Waals surface area (Å²) in [6, 6.07) is 14.0. The molecule has 2 aromatic carbocycles. The van der Waals surface area contributed by atoms with E-state index < -0.39 is 0 Å². The summed E-state index contributed by atoms with van der Waals surface area (Å²) in [6.45, 7) is 4.18. The Labute approximate surface area is 163 Å². The fraction of sp³-hybridized carbons (Fsp3) is 0.174. The van der Waals surface area contributed by atoms with Crippen LogP contribution >= 0.6 is 0 Å². The summed E-state index contributed by atoms with van der Waals surface area (Å²) in [5.74, 6) is 0.499. The predicted octanol–water partition coefficient (Wildman–Crippen LogP) is 5.44. The van der Waals surface area contributed by atoms with Crippen molar-refractivity contribution in [3.8, 4) is 11.3 Å². The Morgan fingerprint density at radius 1 is 1.14 bits per heavy atom. The molecule has 2 heterocycles. The van der Waals surface area contributed by atoms with Crippen molar-refractivity contribution in [1.29, 1.82) is 0 Å². The van der Waals surface area contributed by atoms with Gasteiger partial charge >= 0.3 is 0 Å². The Morgan fingerprint density at radius 2 is 2.04 bits per heavy atom. The van der Waals surface area contributed by atoms with Crippen LogP contribution in [0.2, 0.25) is 0 Å². The minimum atomic E-state index is 0.499. The van der Waals surface area contributed by atoms with E-state index in [1.54, 1.807) is 6.20 Å². The number of rotatable bonds is 6. The van der Waals surface area contributed by atoms with Crippen LogP contribution < -0.4 is 5.32 Å². The first-order chi connectivity index (χ1) is 13.7. The van der Waals surface area contributed by atoms with E-state index in [1.807, 2.05) is 30.5 Å². The van der Waals surface area contributed by atoms with Gasteiger partial charge in [0.25, 0.3) is 0 Å². The highest BCUT2D eigenvalue weighted by Gasteiger charge is 2.10. The Kier molecular flexibility index (Phi) is 4.89. The molecular weight excluding hydrogens is 348 g/mol. The summed E-state index contributed by atoms with van der Waals surface area (Å²) in [5, 5.41) is 4.34. The van der Waals surface area contributed by atoms with Gasteiger partial charge < -0.3 is 10.3 Å². The van der Waals surface area contributed by atoms with Crippen LogP contribution in [0.5, 0.6) is 0 Å². The molecule has 4 rings (SSSR count). The molecule has 28 heavy (non-hydrogen) atoms. The molecule has 2 N–H and O–H groups in total. The molecule has 5 heteroatoms. The summed E-state index contributed by atoms with van der Waals surface area (Å²) < 4.78 is 0. The van der Waals surface area contributed by atoms with Crippen molar-refractivity contribution in [3.05, 3.63) is 71.5 Å². The number of nitrogens with zero attached hydrogens (tertiary/aromatic N) is 2. The number of fused-ring (bicyclic) bond motifs is 1. The minimum Gasteiger partial charge on any atom is -0.360 e. The maximum atomic E-state index is 11.4. The summed E-state index contributed by atoms with van der Waals surface area (Å²) in [5.41, 5.74) is 6.74. The van der Waals surface area contributed by atoms with Crippen LogP contribution in [-0.2, 0) is 6.42 Å². The van der Waals surface area contributed by atoms with Gasteiger partial charge in [0.1, 0.15) is 6.29 Å². The topological polar surface area (TPSA) is 70.7 Å². The lowest BCUT2D eigenvalue weighted by molar-refractivity contribution is 0.112. The van der Waals surface area contributed by atoms with E-state index in [1.165, 1.54) is 5.56 Å². The number of aromatic nitrogens is 3. The molecule has 0 saturated carbocycles. The molecule has 0 unspecified atom stereocenters. The molecule has 140 valence electrons. The Morgan fingerprint density at radius 3 is 2.86 bits per heavy atom. The smallest absolute Gasteiger partial charge is 0.227 e. The molecule has 4 aromatic rings. The number of carbonyl (C=O) groups is 1. The van der Waals surface area contributed by atoms with Gasteiger partial charge in [-0.2, -0.15) is 0 Å².